The Hall–Kier alpha value is -2.62. The van der Waals surface area contributed by atoms with Gasteiger partial charge in [-0.25, -0.2) is 9.59 Å². The van der Waals surface area contributed by atoms with E-state index in [1.807, 2.05) is 12.1 Å². The van der Waals surface area contributed by atoms with Crippen molar-refractivity contribution < 1.29 is 19.4 Å². The van der Waals surface area contributed by atoms with Gasteiger partial charge in [-0.2, -0.15) is 0 Å². The summed E-state index contributed by atoms with van der Waals surface area (Å²) >= 11 is 0. The van der Waals surface area contributed by atoms with Crippen molar-refractivity contribution >= 4 is 11.9 Å². The number of esters is 1. The minimum absolute atomic E-state index is 0.247. The second kappa shape index (κ2) is 6.02. The fourth-order valence-electron chi connectivity index (χ4n) is 1.82. The van der Waals surface area contributed by atoms with Gasteiger partial charge in [0.25, 0.3) is 0 Å². The molecule has 102 valence electrons. The summed E-state index contributed by atoms with van der Waals surface area (Å²) in [7, 11) is 0. The molecule has 0 bridgehead atoms. The van der Waals surface area contributed by atoms with E-state index in [0.29, 0.717) is 12.2 Å². The first-order valence-corrected chi connectivity index (χ1v) is 6.22. The minimum atomic E-state index is -0.950. The highest BCUT2D eigenvalue weighted by Gasteiger charge is 2.07. The topological polar surface area (TPSA) is 63.6 Å². The lowest BCUT2D eigenvalue weighted by atomic mass is 10.0. The molecule has 20 heavy (non-hydrogen) atoms. The van der Waals surface area contributed by atoms with E-state index < -0.39 is 5.97 Å². The Labute approximate surface area is 116 Å². The molecule has 0 amide bonds. The van der Waals surface area contributed by atoms with Crippen LogP contribution in [0.15, 0.2) is 48.5 Å². The fourth-order valence-corrected chi connectivity index (χ4v) is 1.82. The zero-order valence-corrected chi connectivity index (χ0v) is 11.0. The van der Waals surface area contributed by atoms with Gasteiger partial charge in [0.05, 0.1) is 17.7 Å². The molecule has 2 aromatic carbocycles. The molecule has 0 aliphatic rings. The standard InChI is InChI=1S/C16H14O4/c1-2-20-16(19)14-9-5-12(6-10-14)11-3-7-13(8-4-11)15(17)18/h3-10H,2H2,1H3,(H,17,18). The number of carbonyl (C=O) groups is 2. The van der Waals surface area contributed by atoms with Crippen LogP contribution in [0.2, 0.25) is 0 Å². The van der Waals surface area contributed by atoms with Crippen molar-refractivity contribution in [3.05, 3.63) is 59.7 Å². The van der Waals surface area contributed by atoms with E-state index >= 15 is 0 Å². The van der Waals surface area contributed by atoms with Crippen LogP contribution in [0.1, 0.15) is 27.6 Å². The van der Waals surface area contributed by atoms with E-state index in [0.717, 1.165) is 11.1 Å². The summed E-state index contributed by atoms with van der Waals surface area (Å²) in [6.45, 7) is 2.10. The van der Waals surface area contributed by atoms with Crippen molar-refractivity contribution in [3.63, 3.8) is 0 Å². The van der Waals surface area contributed by atoms with Gasteiger partial charge in [-0.05, 0) is 42.3 Å². The van der Waals surface area contributed by atoms with Crippen LogP contribution in [0.3, 0.4) is 0 Å². The van der Waals surface area contributed by atoms with Gasteiger partial charge in [0.1, 0.15) is 0 Å². The maximum absolute atomic E-state index is 11.5. The van der Waals surface area contributed by atoms with Crippen LogP contribution in [0, 0.1) is 0 Å². The molecule has 4 nitrogen and oxygen atoms in total. The van der Waals surface area contributed by atoms with Gasteiger partial charge in [-0.3, -0.25) is 0 Å². The molecule has 2 rings (SSSR count). The van der Waals surface area contributed by atoms with Gasteiger partial charge in [-0.15, -0.1) is 0 Å². The van der Waals surface area contributed by atoms with Crippen molar-refractivity contribution in [2.24, 2.45) is 0 Å². The van der Waals surface area contributed by atoms with Crippen molar-refractivity contribution in [3.8, 4) is 11.1 Å². The molecule has 1 N–H and O–H groups in total. The number of ether oxygens (including phenoxy) is 1. The molecule has 0 heterocycles. The third kappa shape index (κ3) is 3.03. The van der Waals surface area contributed by atoms with Gasteiger partial charge < -0.3 is 9.84 Å². The lowest BCUT2D eigenvalue weighted by Crippen LogP contribution is -2.04. The number of benzene rings is 2. The number of carboxylic acids is 1. The summed E-state index contributed by atoms with van der Waals surface area (Å²) in [4.78, 5) is 22.3. The Bertz CT molecular complexity index is 612. The second-order valence-electron chi connectivity index (χ2n) is 4.18. The molecule has 0 aliphatic heterocycles. The Morgan fingerprint density at radius 2 is 1.35 bits per heavy atom. The van der Waals surface area contributed by atoms with Gasteiger partial charge in [0, 0.05) is 0 Å². The number of carbonyl (C=O) groups excluding carboxylic acids is 1. The highest BCUT2D eigenvalue weighted by molar-refractivity contribution is 5.90. The Morgan fingerprint density at radius 1 is 0.900 bits per heavy atom. The summed E-state index contributed by atoms with van der Waals surface area (Å²) < 4.78 is 4.91. The summed E-state index contributed by atoms with van der Waals surface area (Å²) in [5.41, 5.74) is 2.55. The van der Waals surface area contributed by atoms with Crippen molar-refractivity contribution in [1.82, 2.24) is 0 Å². The van der Waals surface area contributed by atoms with E-state index in [1.54, 1.807) is 43.3 Å². The first kappa shape index (κ1) is 13.8. The number of hydrogen-bond donors (Lipinski definition) is 1. The quantitative estimate of drug-likeness (QED) is 0.866. The molecular weight excluding hydrogens is 256 g/mol. The predicted molar refractivity (Wildman–Crippen MR) is 74.8 cm³/mol. The van der Waals surface area contributed by atoms with Crippen LogP contribution in [0.5, 0.6) is 0 Å². The lowest BCUT2D eigenvalue weighted by Gasteiger charge is -2.05. The average molecular weight is 270 g/mol. The van der Waals surface area contributed by atoms with Crippen LogP contribution in [-0.2, 0) is 4.74 Å². The van der Waals surface area contributed by atoms with E-state index in [2.05, 4.69) is 0 Å². The zero-order valence-electron chi connectivity index (χ0n) is 11.0. The summed E-state index contributed by atoms with van der Waals surface area (Å²) in [6.07, 6.45) is 0. The van der Waals surface area contributed by atoms with Crippen LogP contribution in [0.25, 0.3) is 11.1 Å². The van der Waals surface area contributed by atoms with E-state index in [4.69, 9.17) is 9.84 Å². The number of rotatable bonds is 4. The zero-order chi connectivity index (χ0) is 14.5. The van der Waals surface area contributed by atoms with Gasteiger partial charge in [0.15, 0.2) is 0 Å². The third-order valence-electron chi connectivity index (χ3n) is 2.86. The number of hydrogen-bond acceptors (Lipinski definition) is 3. The molecule has 0 saturated heterocycles. The SMILES string of the molecule is CCOC(=O)c1ccc(-c2ccc(C(=O)O)cc2)cc1. The third-order valence-corrected chi connectivity index (χ3v) is 2.86. The maximum atomic E-state index is 11.5. The molecular formula is C16H14O4. The van der Waals surface area contributed by atoms with Crippen molar-refractivity contribution in [2.75, 3.05) is 6.61 Å². The molecule has 0 aromatic heterocycles. The van der Waals surface area contributed by atoms with E-state index in [9.17, 15) is 9.59 Å². The molecule has 0 radical (unpaired) electrons. The fraction of sp³-hybridized carbons (Fsp3) is 0.125. The largest absolute Gasteiger partial charge is 0.478 e. The Balaban J connectivity index is 2.21. The molecule has 0 fully saturated rings. The van der Waals surface area contributed by atoms with E-state index in [1.165, 1.54) is 0 Å². The van der Waals surface area contributed by atoms with Crippen LogP contribution >= 0.6 is 0 Å². The summed E-state index contributed by atoms with van der Waals surface area (Å²) in [5.74, 6) is -1.30. The summed E-state index contributed by atoms with van der Waals surface area (Å²) in [5, 5.41) is 8.84. The maximum Gasteiger partial charge on any atom is 0.338 e. The molecule has 0 aliphatic carbocycles. The number of aromatic carboxylic acids is 1. The van der Waals surface area contributed by atoms with E-state index in [-0.39, 0.29) is 11.5 Å². The highest BCUT2D eigenvalue weighted by Crippen LogP contribution is 2.20. The molecule has 0 saturated carbocycles. The number of carboxylic acid groups (broad SMARTS) is 1. The molecule has 4 heteroatoms. The normalized spacial score (nSPS) is 10.1. The van der Waals surface area contributed by atoms with Gasteiger partial charge in [-0.1, -0.05) is 24.3 Å². The minimum Gasteiger partial charge on any atom is -0.478 e. The first-order chi connectivity index (χ1) is 9.61. The van der Waals surface area contributed by atoms with Crippen molar-refractivity contribution in [1.29, 1.82) is 0 Å². The first-order valence-electron chi connectivity index (χ1n) is 6.22. The second-order valence-corrected chi connectivity index (χ2v) is 4.18. The average Bonchev–Trinajstić information content (AvgIpc) is 2.48. The van der Waals surface area contributed by atoms with Gasteiger partial charge >= 0.3 is 11.9 Å². The van der Waals surface area contributed by atoms with Crippen LogP contribution in [0.4, 0.5) is 0 Å². The molecule has 2 aromatic rings. The smallest absolute Gasteiger partial charge is 0.338 e. The lowest BCUT2D eigenvalue weighted by molar-refractivity contribution is 0.0526. The molecule has 0 atom stereocenters. The van der Waals surface area contributed by atoms with Crippen LogP contribution in [-0.4, -0.2) is 23.7 Å². The molecule has 0 unspecified atom stereocenters. The Morgan fingerprint density at radius 3 is 1.75 bits per heavy atom. The van der Waals surface area contributed by atoms with Crippen LogP contribution < -0.4 is 0 Å². The van der Waals surface area contributed by atoms with Crippen molar-refractivity contribution in [2.45, 2.75) is 6.92 Å². The summed E-state index contributed by atoms with van der Waals surface area (Å²) in [6, 6.07) is 13.6. The highest BCUT2D eigenvalue weighted by atomic mass is 16.5. The predicted octanol–water partition coefficient (Wildman–Crippen LogP) is 3.23. The Kier molecular flexibility index (Phi) is 4.15. The monoisotopic (exact) mass is 270 g/mol. The van der Waals surface area contributed by atoms with Gasteiger partial charge in [0.2, 0.25) is 0 Å². The molecule has 0 spiro atoms.